The Morgan fingerprint density at radius 3 is 2.96 bits per heavy atom. The number of methoxy groups -OCH3 is 1. The molecule has 0 amide bonds. The van der Waals surface area contributed by atoms with Crippen molar-refractivity contribution in [2.75, 3.05) is 7.11 Å². The van der Waals surface area contributed by atoms with Crippen molar-refractivity contribution in [3.63, 3.8) is 0 Å². The van der Waals surface area contributed by atoms with E-state index in [9.17, 15) is 0 Å². The minimum Gasteiger partial charge on any atom is -0.496 e. The van der Waals surface area contributed by atoms with Crippen LogP contribution in [0.2, 0.25) is 0 Å². The first-order chi connectivity index (χ1) is 13.8. The predicted octanol–water partition coefficient (Wildman–Crippen LogP) is 4.54. The molecule has 0 N–H and O–H groups in total. The van der Waals surface area contributed by atoms with Crippen molar-refractivity contribution in [2.24, 2.45) is 0 Å². The number of ether oxygens (including phenoxy) is 1. The summed E-state index contributed by atoms with van der Waals surface area (Å²) >= 11 is 3.08. The summed E-state index contributed by atoms with van der Waals surface area (Å²) < 4.78 is 12.8. The van der Waals surface area contributed by atoms with E-state index in [-0.39, 0.29) is 0 Å². The largest absolute Gasteiger partial charge is 0.496 e. The van der Waals surface area contributed by atoms with Crippen LogP contribution in [-0.2, 0) is 12.3 Å². The van der Waals surface area contributed by atoms with Crippen LogP contribution in [-0.4, -0.2) is 32.0 Å². The van der Waals surface area contributed by atoms with Crippen molar-refractivity contribution in [3.8, 4) is 28.5 Å². The molecule has 7 nitrogen and oxygen atoms in total. The number of thiophene rings is 1. The van der Waals surface area contributed by atoms with Crippen molar-refractivity contribution < 1.29 is 9.26 Å². The van der Waals surface area contributed by atoms with E-state index in [1.54, 1.807) is 18.4 Å². The van der Waals surface area contributed by atoms with Gasteiger partial charge in [-0.2, -0.15) is 16.3 Å². The number of thioether (sulfide) groups is 1. The number of aromatic nitrogens is 5. The van der Waals surface area contributed by atoms with Gasteiger partial charge in [0.15, 0.2) is 11.0 Å². The zero-order valence-corrected chi connectivity index (χ0v) is 16.7. The normalized spacial score (nSPS) is 10.9. The number of benzene rings is 1. The molecule has 0 aliphatic carbocycles. The standard InChI is InChI=1S/C19H17N5O2S2/c1-3-9-24-18(14-6-4-5-7-15(14)25-2)21-22-19(24)28-12-16-20-17(23-26-16)13-8-10-27-11-13/h3-8,10-11H,1,9,12H2,2H3. The van der Waals surface area contributed by atoms with Crippen LogP contribution in [0, 0.1) is 0 Å². The number of nitrogens with zero attached hydrogens (tertiary/aromatic N) is 5. The lowest BCUT2D eigenvalue weighted by Gasteiger charge is -2.10. The summed E-state index contributed by atoms with van der Waals surface area (Å²) in [5.41, 5.74) is 1.84. The lowest BCUT2D eigenvalue weighted by atomic mass is 10.2. The first kappa shape index (κ1) is 18.5. The Morgan fingerprint density at radius 1 is 1.29 bits per heavy atom. The van der Waals surface area contributed by atoms with Gasteiger partial charge in [-0.15, -0.1) is 16.8 Å². The number of rotatable bonds is 8. The van der Waals surface area contributed by atoms with Crippen LogP contribution in [0.4, 0.5) is 0 Å². The van der Waals surface area contributed by atoms with Crippen LogP contribution in [0.15, 0.2) is 63.4 Å². The molecule has 0 radical (unpaired) electrons. The van der Waals surface area contributed by atoms with E-state index in [0.29, 0.717) is 24.0 Å². The molecule has 0 fully saturated rings. The molecule has 3 heterocycles. The Morgan fingerprint density at radius 2 is 2.18 bits per heavy atom. The maximum Gasteiger partial charge on any atom is 0.237 e. The van der Waals surface area contributed by atoms with Gasteiger partial charge >= 0.3 is 0 Å². The van der Waals surface area contributed by atoms with Gasteiger partial charge in [-0.1, -0.05) is 35.1 Å². The van der Waals surface area contributed by atoms with Crippen LogP contribution in [0.25, 0.3) is 22.8 Å². The Kier molecular flexibility index (Phi) is 5.54. The van der Waals surface area contributed by atoms with Gasteiger partial charge in [-0.25, -0.2) is 0 Å². The van der Waals surface area contributed by atoms with E-state index in [2.05, 4.69) is 26.9 Å². The molecule has 0 aliphatic heterocycles. The highest BCUT2D eigenvalue weighted by molar-refractivity contribution is 7.98. The second-order valence-corrected chi connectivity index (χ2v) is 7.44. The molecule has 0 unspecified atom stereocenters. The highest BCUT2D eigenvalue weighted by Crippen LogP contribution is 2.32. The fourth-order valence-electron chi connectivity index (χ4n) is 2.67. The summed E-state index contributed by atoms with van der Waals surface area (Å²) in [7, 11) is 1.64. The van der Waals surface area contributed by atoms with Crippen LogP contribution in [0.1, 0.15) is 5.89 Å². The minimum absolute atomic E-state index is 0.498. The van der Waals surface area contributed by atoms with Crippen LogP contribution >= 0.6 is 23.1 Å². The summed E-state index contributed by atoms with van der Waals surface area (Å²) in [5.74, 6) is 3.11. The molecule has 0 bridgehead atoms. The molecule has 28 heavy (non-hydrogen) atoms. The van der Waals surface area contributed by atoms with Crippen LogP contribution in [0.3, 0.4) is 0 Å². The maximum atomic E-state index is 5.46. The first-order valence-corrected chi connectivity index (χ1v) is 10.4. The third-order valence-corrected chi connectivity index (χ3v) is 5.58. The highest BCUT2D eigenvalue weighted by Gasteiger charge is 2.18. The average Bonchev–Trinajstić information content (AvgIpc) is 3.47. The number of hydrogen-bond donors (Lipinski definition) is 0. The van der Waals surface area contributed by atoms with Crippen molar-refractivity contribution in [2.45, 2.75) is 17.5 Å². The van der Waals surface area contributed by atoms with Gasteiger partial charge in [-0.3, -0.25) is 4.57 Å². The molecule has 0 saturated carbocycles. The monoisotopic (exact) mass is 411 g/mol. The average molecular weight is 412 g/mol. The quantitative estimate of drug-likeness (QED) is 0.311. The summed E-state index contributed by atoms with van der Waals surface area (Å²) in [6.45, 7) is 4.42. The minimum atomic E-state index is 0.498. The van der Waals surface area contributed by atoms with Crippen LogP contribution in [0.5, 0.6) is 5.75 Å². The maximum absolute atomic E-state index is 5.46. The molecule has 0 spiro atoms. The van der Waals surface area contributed by atoms with Gasteiger partial charge in [-0.05, 0) is 23.6 Å². The van der Waals surface area contributed by atoms with Gasteiger partial charge in [0.25, 0.3) is 0 Å². The Hall–Kier alpha value is -2.91. The molecule has 0 aliphatic rings. The van der Waals surface area contributed by atoms with Crippen LogP contribution < -0.4 is 4.74 Å². The lowest BCUT2D eigenvalue weighted by Crippen LogP contribution is -2.01. The van der Waals surface area contributed by atoms with Gasteiger partial charge in [0.2, 0.25) is 11.7 Å². The highest BCUT2D eigenvalue weighted by atomic mass is 32.2. The van der Waals surface area contributed by atoms with Crippen molar-refractivity contribution in [1.82, 2.24) is 24.9 Å². The topological polar surface area (TPSA) is 78.9 Å². The van der Waals surface area contributed by atoms with Crippen molar-refractivity contribution >= 4 is 23.1 Å². The van der Waals surface area contributed by atoms with E-state index in [1.807, 2.05) is 51.7 Å². The van der Waals surface area contributed by atoms with Crippen molar-refractivity contribution in [1.29, 1.82) is 0 Å². The molecule has 142 valence electrons. The molecule has 3 aromatic heterocycles. The molecule has 9 heteroatoms. The van der Waals surface area contributed by atoms with Gasteiger partial charge in [0.1, 0.15) is 5.75 Å². The van der Waals surface area contributed by atoms with Crippen molar-refractivity contribution in [3.05, 3.63) is 59.6 Å². The third-order valence-electron chi connectivity index (χ3n) is 3.95. The van der Waals surface area contributed by atoms with E-state index >= 15 is 0 Å². The number of para-hydroxylation sites is 1. The zero-order chi connectivity index (χ0) is 19.3. The molecular formula is C19H17N5O2S2. The number of hydrogen-bond acceptors (Lipinski definition) is 8. The van der Waals surface area contributed by atoms with Gasteiger partial charge < -0.3 is 9.26 Å². The smallest absolute Gasteiger partial charge is 0.237 e. The van der Waals surface area contributed by atoms with E-state index in [0.717, 1.165) is 27.9 Å². The Labute approximate surface area is 170 Å². The molecule has 0 saturated heterocycles. The Bertz CT molecular complexity index is 1070. The molecular weight excluding hydrogens is 394 g/mol. The third kappa shape index (κ3) is 3.71. The zero-order valence-electron chi connectivity index (χ0n) is 15.1. The predicted molar refractivity (Wildman–Crippen MR) is 109 cm³/mol. The van der Waals surface area contributed by atoms with E-state index in [1.165, 1.54) is 11.8 Å². The summed E-state index contributed by atoms with van der Waals surface area (Å²) in [6, 6.07) is 9.70. The lowest BCUT2D eigenvalue weighted by molar-refractivity contribution is 0.391. The fourth-order valence-corrected chi connectivity index (χ4v) is 4.09. The molecule has 4 aromatic rings. The van der Waals surface area contributed by atoms with E-state index < -0.39 is 0 Å². The van der Waals surface area contributed by atoms with E-state index in [4.69, 9.17) is 9.26 Å². The molecule has 0 atom stereocenters. The molecule has 1 aromatic carbocycles. The molecule has 4 rings (SSSR count). The SMILES string of the molecule is C=CCn1c(SCc2nc(-c3ccsc3)no2)nnc1-c1ccccc1OC. The second-order valence-electron chi connectivity index (χ2n) is 5.72. The number of allylic oxidation sites excluding steroid dienone is 1. The Balaban J connectivity index is 1.57. The summed E-state index contributed by atoms with van der Waals surface area (Å²) in [6.07, 6.45) is 1.81. The second kappa shape index (κ2) is 8.41. The van der Waals surface area contributed by atoms with Gasteiger partial charge in [0, 0.05) is 17.5 Å². The fraction of sp³-hybridized carbons (Fsp3) is 0.158. The van der Waals surface area contributed by atoms with Gasteiger partial charge in [0.05, 0.1) is 18.4 Å². The first-order valence-electron chi connectivity index (χ1n) is 8.45. The summed E-state index contributed by atoms with van der Waals surface area (Å²) in [5, 5.41) is 17.5. The summed E-state index contributed by atoms with van der Waals surface area (Å²) in [4.78, 5) is 4.45.